The van der Waals surface area contributed by atoms with Gasteiger partial charge in [0.15, 0.2) is 0 Å². The van der Waals surface area contributed by atoms with Gasteiger partial charge in [-0.15, -0.1) is 0 Å². The van der Waals surface area contributed by atoms with Crippen molar-refractivity contribution in [2.75, 3.05) is 36.4 Å². The number of anilines is 2. The molecule has 3 N–H and O–H groups in total. The normalized spacial score (nSPS) is 20.6. The van der Waals surface area contributed by atoms with Gasteiger partial charge in [-0.2, -0.15) is 0 Å². The number of nitrogens with one attached hydrogen (secondary N) is 2. The molecule has 1 aromatic heterocycles. The summed E-state index contributed by atoms with van der Waals surface area (Å²) in [7, 11) is 0. The Balaban J connectivity index is 1.08. The van der Waals surface area contributed by atoms with Gasteiger partial charge in [-0.1, -0.05) is 42.5 Å². The highest BCUT2D eigenvalue weighted by Gasteiger charge is 2.42. The number of likely N-dealkylation sites (tertiary alicyclic amines) is 1. The Morgan fingerprint density at radius 1 is 1.00 bits per heavy atom. The van der Waals surface area contributed by atoms with E-state index in [1.165, 1.54) is 23.3 Å². The van der Waals surface area contributed by atoms with E-state index in [0.717, 1.165) is 22.9 Å². The summed E-state index contributed by atoms with van der Waals surface area (Å²) in [5.41, 5.74) is 5.69. The third kappa shape index (κ3) is 7.51. The summed E-state index contributed by atoms with van der Waals surface area (Å²) in [5, 5.41) is 15.9. The number of hydrogen-bond donors (Lipinski definition) is 3. The van der Waals surface area contributed by atoms with Crippen molar-refractivity contribution in [3.05, 3.63) is 113 Å². The number of amides is 2. The van der Waals surface area contributed by atoms with Crippen LogP contribution in [0, 0.1) is 30.4 Å². The summed E-state index contributed by atoms with van der Waals surface area (Å²) >= 11 is 0. The van der Waals surface area contributed by atoms with Gasteiger partial charge >= 0.3 is 5.97 Å². The van der Waals surface area contributed by atoms with Gasteiger partial charge in [0.2, 0.25) is 17.8 Å². The monoisotopic (exact) mass is 696 g/mol. The van der Waals surface area contributed by atoms with Crippen LogP contribution in [0.3, 0.4) is 0 Å². The molecule has 3 aliphatic heterocycles. The third-order valence-corrected chi connectivity index (χ3v) is 10.7. The number of nitrogens with zero attached hydrogens (tertiary/aromatic N) is 4. The molecule has 2 fully saturated rings. The maximum atomic E-state index is 15.2. The molecule has 2 amide bonds. The number of hydrogen-bond acceptors (Lipinski definition) is 6. The van der Waals surface area contributed by atoms with E-state index in [4.69, 9.17) is 0 Å². The smallest absolute Gasteiger partial charge is 0.306 e. The first-order valence-corrected chi connectivity index (χ1v) is 17.5. The van der Waals surface area contributed by atoms with Crippen molar-refractivity contribution in [2.45, 2.75) is 57.7 Å². The molecule has 4 aromatic rings. The minimum Gasteiger partial charge on any atom is -0.481 e. The fourth-order valence-electron chi connectivity index (χ4n) is 7.81. The number of rotatable bonds is 9. The zero-order valence-corrected chi connectivity index (χ0v) is 28.5. The van der Waals surface area contributed by atoms with E-state index in [2.05, 4.69) is 38.7 Å². The van der Waals surface area contributed by atoms with E-state index in [1.54, 1.807) is 17.3 Å². The Morgan fingerprint density at radius 2 is 1.78 bits per heavy atom. The van der Waals surface area contributed by atoms with Gasteiger partial charge in [-0.05, 0) is 66.1 Å². The lowest BCUT2D eigenvalue weighted by atomic mass is 9.88. The highest BCUT2D eigenvalue weighted by molar-refractivity contribution is 5.93. The average molecular weight is 697 g/mol. The van der Waals surface area contributed by atoms with Crippen molar-refractivity contribution in [3.8, 4) is 0 Å². The minimum atomic E-state index is -0.801. The Labute approximate surface area is 295 Å². The first kappa shape index (κ1) is 34.4. The number of aliphatic carboxylic acids is 1. The number of imidazole rings is 1. The SMILES string of the molecule is Cc1ccc(Cn2ccnc2NC(=O)[C@@H]2CN(C(=O)C[C@@H]3Cc4ccccc4CN3)C[C@H]2c2ccc(F)cc2F)c(N2CCC(C(=O)O)CC2)c1. The van der Waals surface area contributed by atoms with E-state index >= 15 is 4.39 Å². The maximum Gasteiger partial charge on any atom is 0.306 e. The Kier molecular flexibility index (Phi) is 9.86. The third-order valence-electron chi connectivity index (χ3n) is 10.7. The quantitative estimate of drug-likeness (QED) is 0.223. The molecule has 266 valence electrons. The summed E-state index contributed by atoms with van der Waals surface area (Å²) in [6.45, 7) is 4.55. The number of piperidine rings is 1. The topological polar surface area (TPSA) is 120 Å². The molecular weight excluding hydrogens is 654 g/mol. The number of fused-ring (bicyclic) bond motifs is 1. The second-order valence-electron chi connectivity index (χ2n) is 14.0. The predicted octanol–water partition coefficient (Wildman–Crippen LogP) is 5.10. The average Bonchev–Trinajstić information content (AvgIpc) is 3.76. The van der Waals surface area contributed by atoms with E-state index in [1.807, 2.05) is 35.8 Å². The van der Waals surface area contributed by atoms with Gasteiger partial charge in [-0.25, -0.2) is 13.8 Å². The molecule has 4 heterocycles. The summed E-state index contributed by atoms with van der Waals surface area (Å²) in [5.74, 6) is -4.28. The fourth-order valence-corrected chi connectivity index (χ4v) is 7.81. The van der Waals surface area contributed by atoms with Crippen molar-refractivity contribution in [3.63, 3.8) is 0 Å². The van der Waals surface area contributed by atoms with Gasteiger partial charge in [0.05, 0.1) is 18.4 Å². The molecular formula is C39H42F2N6O4. The van der Waals surface area contributed by atoms with E-state index in [0.29, 0.717) is 51.4 Å². The summed E-state index contributed by atoms with van der Waals surface area (Å²) < 4.78 is 31.0. The zero-order valence-electron chi connectivity index (χ0n) is 28.5. The fraction of sp³-hybridized carbons (Fsp3) is 0.385. The minimum absolute atomic E-state index is 0.0658. The lowest BCUT2D eigenvalue weighted by molar-refractivity contribution is -0.142. The second-order valence-corrected chi connectivity index (χ2v) is 14.0. The van der Waals surface area contributed by atoms with E-state index < -0.39 is 35.3 Å². The lowest BCUT2D eigenvalue weighted by Crippen LogP contribution is -2.41. The standard InChI is InChI=1S/C39H42F2N6O4/c1-24-6-7-28(35(16-24)45-13-10-25(11-14-45)38(50)51)21-46-15-12-42-39(46)44-37(49)33-23-47(22-32(33)31-9-8-29(40)18-34(31)41)36(48)19-30-17-26-4-2-3-5-27(26)20-43-30/h2-9,12,15-16,18,25,30,32-33,43H,10-11,13-14,17,19-23H2,1H3,(H,50,51)(H,42,44,49)/t30-,32-,33+/m0/s1. The van der Waals surface area contributed by atoms with Crippen LogP contribution in [0.5, 0.6) is 0 Å². The molecule has 0 radical (unpaired) electrons. The van der Waals surface area contributed by atoms with Crippen molar-refractivity contribution in [1.29, 1.82) is 0 Å². The van der Waals surface area contributed by atoms with E-state index in [-0.39, 0.29) is 42.9 Å². The molecule has 51 heavy (non-hydrogen) atoms. The number of halogens is 2. The molecule has 0 unspecified atom stereocenters. The molecule has 0 aliphatic carbocycles. The van der Waals surface area contributed by atoms with Crippen LogP contribution in [0.4, 0.5) is 20.4 Å². The summed E-state index contributed by atoms with van der Waals surface area (Å²) in [6.07, 6.45) is 5.44. The number of benzene rings is 3. The molecule has 3 aliphatic rings. The van der Waals surface area contributed by atoms with Crippen LogP contribution in [0.25, 0.3) is 0 Å². The molecule has 0 spiro atoms. The van der Waals surface area contributed by atoms with Crippen LogP contribution in [0.2, 0.25) is 0 Å². The maximum absolute atomic E-state index is 15.2. The Bertz CT molecular complexity index is 1940. The van der Waals surface area contributed by atoms with Crippen LogP contribution in [0.15, 0.2) is 73.1 Å². The molecule has 0 bridgehead atoms. The largest absolute Gasteiger partial charge is 0.481 e. The van der Waals surface area contributed by atoms with Crippen LogP contribution in [-0.4, -0.2) is 69.6 Å². The predicted molar refractivity (Wildman–Crippen MR) is 188 cm³/mol. The highest BCUT2D eigenvalue weighted by atomic mass is 19.1. The molecule has 7 rings (SSSR count). The highest BCUT2D eigenvalue weighted by Crippen LogP contribution is 2.36. The molecule has 2 saturated heterocycles. The van der Waals surface area contributed by atoms with Gasteiger partial charge in [0, 0.05) is 75.3 Å². The number of carboxylic acids is 1. The summed E-state index contributed by atoms with van der Waals surface area (Å²) in [6, 6.07) is 17.6. The van der Waals surface area contributed by atoms with Crippen LogP contribution < -0.4 is 15.5 Å². The van der Waals surface area contributed by atoms with Crippen LogP contribution in [-0.2, 0) is 33.9 Å². The first-order valence-electron chi connectivity index (χ1n) is 17.5. The van der Waals surface area contributed by atoms with Gasteiger partial charge in [-0.3, -0.25) is 19.7 Å². The Morgan fingerprint density at radius 3 is 2.55 bits per heavy atom. The lowest BCUT2D eigenvalue weighted by Gasteiger charge is -2.33. The summed E-state index contributed by atoms with van der Waals surface area (Å²) in [4.78, 5) is 47.5. The zero-order chi connectivity index (χ0) is 35.6. The number of carboxylic acid groups (broad SMARTS) is 1. The van der Waals surface area contributed by atoms with Gasteiger partial charge in [0.1, 0.15) is 11.6 Å². The second kappa shape index (κ2) is 14.6. The molecule has 10 nitrogen and oxygen atoms in total. The van der Waals surface area contributed by atoms with Crippen LogP contribution >= 0.6 is 0 Å². The van der Waals surface area contributed by atoms with Gasteiger partial charge in [0.25, 0.3) is 0 Å². The Hall–Kier alpha value is -5.10. The molecule has 3 aromatic carbocycles. The van der Waals surface area contributed by atoms with Crippen LogP contribution in [0.1, 0.15) is 53.0 Å². The molecule has 3 atom stereocenters. The molecule has 12 heteroatoms. The number of carbonyl (C=O) groups excluding carboxylic acids is 2. The van der Waals surface area contributed by atoms with Crippen molar-refractivity contribution >= 4 is 29.4 Å². The van der Waals surface area contributed by atoms with E-state index in [9.17, 15) is 23.9 Å². The molecule has 0 saturated carbocycles. The van der Waals surface area contributed by atoms with Crippen molar-refractivity contribution < 1.29 is 28.3 Å². The number of carbonyl (C=O) groups is 3. The first-order chi connectivity index (χ1) is 24.6. The van der Waals surface area contributed by atoms with Crippen molar-refractivity contribution in [2.24, 2.45) is 11.8 Å². The van der Waals surface area contributed by atoms with Crippen molar-refractivity contribution in [1.82, 2.24) is 19.8 Å². The van der Waals surface area contributed by atoms with Gasteiger partial charge < -0.3 is 24.8 Å². The number of aromatic nitrogens is 2. The number of aryl methyl sites for hydroxylation is 1.